The average Bonchev–Trinajstić information content (AvgIpc) is 2.84. The first-order valence-electron chi connectivity index (χ1n) is 10.8. The highest BCUT2D eigenvalue weighted by Crippen LogP contribution is 2.36. The standard InChI is InChI=1S/C26H22IN3O6/c1-3-35-24-12-17(11-21(27)25(24)36-15-18-7-5-4-6-16(18)2)10-19(14-28)26(32)29-22-9-8-20(30(33)34)13-23(22)31/h4-13,31H,3,15H2,1-2H3,(H,29,32). The van der Waals surface area contributed by atoms with Crippen LogP contribution in [-0.4, -0.2) is 22.5 Å². The predicted octanol–water partition coefficient (Wildman–Crippen LogP) is 5.74. The third-order valence-corrected chi connectivity index (χ3v) is 5.88. The summed E-state index contributed by atoms with van der Waals surface area (Å²) in [5.74, 6) is -0.251. The highest BCUT2D eigenvalue weighted by molar-refractivity contribution is 14.1. The summed E-state index contributed by atoms with van der Waals surface area (Å²) in [7, 11) is 0. The number of aryl methyl sites for hydroxylation is 1. The van der Waals surface area contributed by atoms with Crippen LogP contribution in [0.3, 0.4) is 0 Å². The lowest BCUT2D eigenvalue weighted by Gasteiger charge is -2.16. The van der Waals surface area contributed by atoms with Crippen molar-refractivity contribution in [3.8, 4) is 23.3 Å². The Kier molecular flexibility index (Phi) is 8.86. The van der Waals surface area contributed by atoms with E-state index >= 15 is 0 Å². The van der Waals surface area contributed by atoms with E-state index in [0.29, 0.717) is 30.3 Å². The lowest BCUT2D eigenvalue weighted by atomic mass is 10.1. The predicted molar refractivity (Wildman–Crippen MR) is 143 cm³/mol. The molecule has 1 amide bonds. The van der Waals surface area contributed by atoms with Crippen molar-refractivity contribution in [2.24, 2.45) is 0 Å². The zero-order valence-corrected chi connectivity index (χ0v) is 21.6. The van der Waals surface area contributed by atoms with Crippen molar-refractivity contribution in [2.45, 2.75) is 20.5 Å². The highest BCUT2D eigenvalue weighted by Gasteiger charge is 2.17. The summed E-state index contributed by atoms with van der Waals surface area (Å²) in [4.78, 5) is 22.8. The van der Waals surface area contributed by atoms with Crippen molar-refractivity contribution in [3.05, 3.63) is 90.5 Å². The van der Waals surface area contributed by atoms with E-state index in [0.717, 1.165) is 26.8 Å². The zero-order valence-electron chi connectivity index (χ0n) is 19.4. The van der Waals surface area contributed by atoms with Gasteiger partial charge in [0.15, 0.2) is 11.5 Å². The molecule has 0 fully saturated rings. The summed E-state index contributed by atoms with van der Waals surface area (Å²) in [6.45, 7) is 4.58. The van der Waals surface area contributed by atoms with Gasteiger partial charge in [-0.1, -0.05) is 24.3 Å². The number of phenolic OH excluding ortho intramolecular Hbond substituents is 1. The van der Waals surface area contributed by atoms with Crippen molar-refractivity contribution in [1.82, 2.24) is 0 Å². The lowest BCUT2D eigenvalue weighted by Crippen LogP contribution is -2.13. The number of phenols is 1. The molecule has 10 heteroatoms. The van der Waals surface area contributed by atoms with E-state index in [1.807, 2.05) is 44.2 Å². The molecule has 184 valence electrons. The van der Waals surface area contributed by atoms with Gasteiger partial charge in [-0.25, -0.2) is 0 Å². The van der Waals surface area contributed by atoms with Crippen molar-refractivity contribution in [1.29, 1.82) is 5.26 Å². The smallest absolute Gasteiger partial charge is 0.273 e. The monoisotopic (exact) mass is 599 g/mol. The molecule has 9 nitrogen and oxygen atoms in total. The van der Waals surface area contributed by atoms with E-state index in [2.05, 4.69) is 27.9 Å². The van der Waals surface area contributed by atoms with Crippen LogP contribution in [0.25, 0.3) is 6.08 Å². The van der Waals surface area contributed by atoms with Gasteiger partial charge >= 0.3 is 0 Å². The Morgan fingerprint density at radius 1 is 1.22 bits per heavy atom. The molecular weight excluding hydrogens is 577 g/mol. The number of benzene rings is 3. The largest absolute Gasteiger partial charge is 0.506 e. The van der Waals surface area contributed by atoms with Gasteiger partial charge in [-0.3, -0.25) is 14.9 Å². The number of anilines is 1. The normalized spacial score (nSPS) is 10.9. The fourth-order valence-corrected chi connectivity index (χ4v) is 4.02. The van der Waals surface area contributed by atoms with Crippen LogP contribution in [0.4, 0.5) is 11.4 Å². The Morgan fingerprint density at radius 3 is 2.61 bits per heavy atom. The van der Waals surface area contributed by atoms with Crippen LogP contribution in [0.5, 0.6) is 17.2 Å². The molecule has 2 N–H and O–H groups in total. The summed E-state index contributed by atoms with van der Waals surface area (Å²) in [6, 6.07) is 16.4. The van der Waals surface area contributed by atoms with E-state index in [4.69, 9.17) is 9.47 Å². The van der Waals surface area contributed by atoms with Gasteiger partial charge in [-0.15, -0.1) is 0 Å². The Hall–Kier alpha value is -4.11. The van der Waals surface area contributed by atoms with E-state index < -0.39 is 16.6 Å². The summed E-state index contributed by atoms with van der Waals surface area (Å²) in [6.07, 6.45) is 1.38. The third-order valence-electron chi connectivity index (χ3n) is 5.08. The number of aromatic hydroxyl groups is 1. The van der Waals surface area contributed by atoms with Gasteiger partial charge in [0.2, 0.25) is 0 Å². The number of ether oxygens (including phenoxy) is 2. The number of carbonyl (C=O) groups is 1. The number of nitro groups is 1. The van der Waals surface area contributed by atoms with Crippen LogP contribution in [0.15, 0.2) is 60.2 Å². The maximum atomic E-state index is 12.7. The number of hydrogen-bond donors (Lipinski definition) is 2. The summed E-state index contributed by atoms with van der Waals surface area (Å²) in [5.41, 5.74) is 2.05. The molecule has 0 aliphatic carbocycles. The molecule has 36 heavy (non-hydrogen) atoms. The van der Waals surface area contributed by atoms with E-state index in [9.17, 15) is 25.3 Å². The Labute approximate surface area is 221 Å². The third kappa shape index (κ3) is 6.51. The number of non-ortho nitro benzene ring substituents is 1. The minimum absolute atomic E-state index is 0.0590. The molecule has 0 aromatic heterocycles. The van der Waals surface area contributed by atoms with Crippen LogP contribution in [0.2, 0.25) is 0 Å². The number of amides is 1. The first-order valence-corrected chi connectivity index (χ1v) is 11.9. The molecule has 0 atom stereocenters. The van der Waals surface area contributed by atoms with Gasteiger partial charge in [-0.2, -0.15) is 5.26 Å². The van der Waals surface area contributed by atoms with E-state index in [1.165, 1.54) is 12.1 Å². The lowest BCUT2D eigenvalue weighted by molar-refractivity contribution is -0.384. The number of nitriles is 1. The molecule has 0 aliphatic heterocycles. The molecule has 0 unspecified atom stereocenters. The minimum atomic E-state index is -0.783. The summed E-state index contributed by atoms with van der Waals surface area (Å²) >= 11 is 2.10. The molecule has 3 aromatic carbocycles. The molecule has 0 aliphatic rings. The number of nitrogens with one attached hydrogen (secondary N) is 1. The quantitative estimate of drug-likeness (QED) is 0.0801. The Balaban J connectivity index is 1.86. The summed E-state index contributed by atoms with van der Waals surface area (Å²) in [5, 5.41) is 32.8. The van der Waals surface area contributed by atoms with Gasteiger partial charge in [0.1, 0.15) is 24.0 Å². The summed E-state index contributed by atoms with van der Waals surface area (Å²) < 4.78 is 12.6. The number of carbonyl (C=O) groups excluding carboxylic acids is 1. The molecule has 3 aromatic rings. The molecular formula is C26H22IN3O6. The van der Waals surface area contributed by atoms with E-state index in [1.54, 1.807) is 12.1 Å². The number of halogens is 1. The molecule has 0 saturated heterocycles. The molecule has 0 spiro atoms. The minimum Gasteiger partial charge on any atom is -0.506 e. The average molecular weight is 599 g/mol. The van der Waals surface area contributed by atoms with Crippen LogP contribution < -0.4 is 14.8 Å². The number of hydrogen-bond acceptors (Lipinski definition) is 7. The van der Waals surface area contributed by atoms with Gasteiger partial charge in [0.05, 0.1) is 26.9 Å². The first kappa shape index (κ1) is 26.5. The van der Waals surface area contributed by atoms with Crippen LogP contribution >= 0.6 is 22.6 Å². The van der Waals surface area contributed by atoms with Crippen molar-refractivity contribution < 1.29 is 24.3 Å². The van der Waals surface area contributed by atoms with Crippen LogP contribution in [-0.2, 0) is 11.4 Å². The second-order valence-corrected chi connectivity index (χ2v) is 8.72. The molecule has 0 radical (unpaired) electrons. The van der Waals surface area contributed by atoms with Crippen LogP contribution in [0.1, 0.15) is 23.6 Å². The molecule has 0 saturated carbocycles. The van der Waals surface area contributed by atoms with Gasteiger partial charge in [-0.05, 0) is 77.4 Å². The molecule has 0 bridgehead atoms. The Bertz CT molecular complexity index is 1380. The molecule has 3 rings (SSSR count). The number of nitro benzene ring substituents is 1. The number of rotatable bonds is 9. The van der Waals surface area contributed by atoms with Gasteiger partial charge in [0, 0.05) is 6.07 Å². The second-order valence-electron chi connectivity index (χ2n) is 7.56. The van der Waals surface area contributed by atoms with Crippen LogP contribution in [0, 0.1) is 31.9 Å². The highest BCUT2D eigenvalue weighted by atomic mass is 127. The fourth-order valence-electron chi connectivity index (χ4n) is 3.24. The fraction of sp³-hybridized carbons (Fsp3) is 0.154. The SMILES string of the molecule is CCOc1cc(C=C(C#N)C(=O)Nc2ccc([N+](=O)[O-])cc2O)cc(I)c1OCc1ccccc1C. The topological polar surface area (TPSA) is 135 Å². The Morgan fingerprint density at radius 2 is 1.97 bits per heavy atom. The molecule has 0 heterocycles. The zero-order chi connectivity index (χ0) is 26.2. The van der Waals surface area contributed by atoms with Gasteiger partial charge < -0.3 is 19.9 Å². The van der Waals surface area contributed by atoms with Gasteiger partial charge in [0.25, 0.3) is 11.6 Å². The van der Waals surface area contributed by atoms with Crippen molar-refractivity contribution >= 4 is 45.9 Å². The van der Waals surface area contributed by atoms with Crippen molar-refractivity contribution in [2.75, 3.05) is 11.9 Å². The second kappa shape index (κ2) is 12.0. The first-order chi connectivity index (χ1) is 17.2. The van der Waals surface area contributed by atoms with E-state index in [-0.39, 0.29) is 16.9 Å². The van der Waals surface area contributed by atoms with Crippen molar-refractivity contribution in [3.63, 3.8) is 0 Å². The maximum absolute atomic E-state index is 12.7. The maximum Gasteiger partial charge on any atom is 0.273 e. The number of nitrogens with zero attached hydrogens (tertiary/aromatic N) is 2.